The molecule has 0 unspecified atom stereocenters. The second-order valence-corrected chi connectivity index (χ2v) is 10.1. The van der Waals surface area contributed by atoms with Gasteiger partial charge in [-0.25, -0.2) is 0 Å². The summed E-state index contributed by atoms with van der Waals surface area (Å²) in [6.45, 7) is 5.83. The Bertz CT molecular complexity index is 831. The molecule has 0 bridgehead atoms. The summed E-state index contributed by atoms with van der Waals surface area (Å²) in [7, 11) is 0. The SMILES string of the molecule is CCC(=O)O[C@]1(C(=O)S)CC[C@H]2[C@@H]3CCC4=CC(=O)C=C[C@]4(C)[C@H]3[C@@H](O)C[C@@]21C. The Kier molecular flexibility index (Phi) is 4.90. The van der Waals surface area contributed by atoms with Gasteiger partial charge in [-0.3, -0.25) is 14.4 Å². The van der Waals surface area contributed by atoms with Crippen molar-refractivity contribution in [1.82, 2.24) is 0 Å². The molecule has 0 radical (unpaired) electrons. The van der Waals surface area contributed by atoms with Crippen molar-refractivity contribution >= 4 is 29.5 Å². The molecule has 7 atom stereocenters. The smallest absolute Gasteiger partial charge is 0.306 e. The molecule has 0 heterocycles. The monoisotopic (exact) mass is 418 g/mol. The minimum absolute atomic E-state index is 0.0121. The molecule has 0 saturated heterocycles. The van der Waals surface area contributed by atoms with Crippen LogP contribution in [-0.2, 0) is 19.1 Å². The van der Waals surface area contributed by atoms with Gasteiger partial charge >= 0.3 is 5.97 Å². The Morgan fingerprint density at radius 1 is 1.31 bits per heavy atom. The lowest BCUT2D eigenvalue weighted by Crippen LogP contribution is -2.61. The molecular formula is C23H30O5S. The number of carbonyl (C=O) groups is 3. The number of esters is 1. The minimum atomic E-state index is -1.28. The van der Waals surface area contributed by atoms with Gasteiger partial charge in [-0.1, -0.05) is 32.4 Å². The van der Waals surface area contributed by atoms with E-state index in [4.69, 9.17) is 4.74 Å². The number of hydrogen-bond donors (Lipinski definition) is 2. The van der Waals surface area contributed by atoms with Crippen LogP contribution in [0.2, 0.25) is 0 Å². The molecule has 1 N–H and O–H groups in total. The van der Waals surface area contributed by atoms with Gasteiger partial charge in [0.1, 0.15) is 0 Å². The molecule has 0 aliphatic heterocycles. The number of hydrogen-bond acceptors (Lipinski definition) is 5. The number of aliphatic hydroxyl groups is 1. The highest BCUT2D eigenvalue weighted by Crippen LogP contribution is 2.68. The van der Waals surface area contributed by atoms with Crippen molar-refractivity contribution in [2.75, 3.05) is 0 Å². The van der Waals surface area contributed by atoms with Gasteiger partial charge in [0.25, 0.3) is 0 Å². The van der Waals surface area contributed by atoms with E-state index < -0.39 is 28.2 Å². The molecule has 4 rings (SSSR count). The summed E-state index contributed by atoms with van der Waals surface area (Å²) in [6, 6.07) is 0. The summed E-state index contributed by atoms with van der Waals surface area (Å²) >= 11 is 4.16. The maximum absolute atomic E-state index is 12.7. The molecule has 158 valence electrons. The van der Waals surface area contributed by atoms with Crippen molar-refractivity contribution in [2.45, 2.75) is 71.0 Å². The normalized spacial score (nSPS) is 45.7. The maximum Gasteiger partial charge on any atom is 0.306 e. The Balaban J connectivity index is 1.75. The Morgan fingerprint density at radius 2 is 2.03 bits per heavy atom. The summed E-state index contributed by atoms with van der Waals surface area (Å²) in [4.78, 5) is 36.8. The fraction of sp³-hybridized carbons (Fsp3) is 0.696. The molecule has 0 aromatic carbocycles. The van der Waals surface area contributed by atoms with Crippen LogP contribution < -0.4 is 0 Å². The van der Waals surface area contributed by atoms with Crippen LogP contribution >= 0.6 is 12.6 Å². The quantitative estimate of drug-likeness (QED) is 0.542. The minimum Gasteiger partial charge on any atom is -0.449 e. The standard InChI is InChI=1S/C23H30O5S/c1-4-18(26)28-23(20(27)29)10-8-16-15-6-5-13-11-14(24)7-9-21(13,2)19(15)17(25)12-22(16,23)3/h7,9,11,15-17,19,25H,4-6,8,10,12H2,1-3H3,(H,27,29)/t15-,16-,17-,19+,21-,22-,23-/m0/s1. The van der Waals surface area contributed by atoms with E-state index in [1.165, 1.54) is 0 Å². The van der Waals surface area contributed by atoms with Gasteiger partial charge in [0, 0.05) is 23.2 Å². The van der Waals surface area contributed by atoms with Crippen molar-refractivity contribution in [3.63, 3.8) is 0 Å². The third-order valence-corrected chi connectivity index (χ3v) is 8.90. The average Bonchev–Trinajstić information content (AvgIpc) is 2.94. The summed E-state index contributed by atoms with van der Waals surface area (Å²) in [5.74, 6) is -0.0594. The fourth-order valence-corrected chi connectivity index (χ4v) is 7.56. The molecule has 29 heavy (non-hydrogen) atoms. The third kappa shape index (κ3) is 2.74. The lowest BCUT2D eigenvalue weighted by atomic mass is 9.46. The van der Waals surface area contributed by atoms with E-state index in [0.717, 1.165) is 24.8 Å². The van der Waals surface area contributed by atoms with Crippen LogP contribution in [0.5, 0.6) is 0 Å². The van der Waals surface area contributed by atoms with Gasteiger partial charge in [-0.05, 0) is 56.1 Å². The van der Waals surface area contributed by atoms with Gasteiger partial charge in [-0.2, -0.15) is 0 Å². The lowest BCUT2D eigenvalue weighted by molar-refractivity contribution is -0.194. The molecule has 5 nitrogen and oxygen atoms in total. The summed E-state index contributed by atoms with van der Waals surface area (Å²) in [5, 5.41) is 11.0. The van der Waals surface area contributed by atoms with E-state index in [9.17, 15) is 19.5 Å². The molecule has 0 aromatic heterocycles. The predicted molar refractivity (Wildman–Crippen MR) is 111 cm³/mol. The van der Waals surface area contributed by atoms with Gasteiger partial charge in [0.2, 0.25) is 5.12 Å². The third-order valence-electron chi connectivity index (χ3n) is 8.54. The average molecular weight is 419 g/mol. The van der Waals surface area contributed by atoms with Crippen LogP contribution in [0.15, 0.2) is 23.8 Å². The number of rotatable bonds is 3. The van der Waals surface area contributed by atoms with Crippen LogP contribution in [0, 0.1) is 28.6 Å². The first kappa shape index (κ1) is 20.9. The van der Waals surface area contributed by atoms with Gasteiger partial charge in [-0.15, -0.1) is 12.6 Å². The summed E-state index contributed by atoms with van der Waals surface area (Å²) in [6.07, 6.45) is 8.14. The number of aliphatic hydroxyl groups excluding tert-OH is 1. The number of thiol groups is 1. The van der Waals surface area contributed by atoms with E-state index in [-0.39, 0.29) is 35.4 Å². The molecule has 0 aromatic rings. The molecular weight excluding hydrogens is 388 g/mol. The van der Waals surface area contributed by atoms with Crippen LogP contribution in [0.4, 0.5) is 0 Å². The van der Waals surface area contributed by atoms with Crippen LogP contribution in [0.25, 0.3) is 0 Å². The van der Waals surface area contributed by atoms with Gasteiger partial charge < -0.3 is 9.84 Å². The molecule has 4 aliphatic rings. The van der Waals surface area contributed by atoms with Crippen LogP contribution in [0.3, 0.4) is 0 Å². The Labute approximate surface area is 177 Å². The van der Waals surface area contributed by atoms with E-state index in [1.54, 1.807) is 19.1 Å². The number of carbonyl (C=O) groups excluding carboxylic acids is 3. The molecule has 0 amide bonds. The van der Waals surface area contributed by atoms with Gasteiger partial charge in [0.15, 0.2) is 11.4 Å². The Morgan fingerprint density at radius 3 is 2.69 bits per heavy atom. The first-order valence-electron chi connectivity index (χ1n) is 10.7. The van der Waals surface area contributed by atoms with E-state index in [1.807, 2.05) is 13.0 Å². The number of ether oxygens (including phenoxy) is 1. The number of allylic oxidation sites excluding steroid dienone is 4. The second-order valence-electron chi connectivity index (χ2n) is 9.71. The fourth-order valence-electron chi connectivity index (χ4n) is 7.14. The zero-order chi connectivity index (χ0) is 21.2. The van der Waals surface area contributed by atoms with E-state index in [0.29, 0.717) is 12.8 Å². The summed E-state index contributed by atoms with van der Waals surface area (Å²) < 4.78 is 5.81. The predicted octanol–water partition coefficient (Wildman–Crippen LogP) is 3.41. The van der Waals surface area contributed by atoms with Crippen molar-refractivity contribution < 1.29 is 24.2 Å². The zero-order valence-corrected chi connectivity index (χ0v) is 18.2. The van der Waals surface area contributed by atoms with Crippen LogP contribution in [0.1, 0.15) is 59.3 Å². The van der Waals surface area contributed by atoms with Gasteiger partial charge in [0.05, 0.1) is 6.10 Å². The first-order valence-corrected chi connectivity index (χ1v) is 11.1. The topological polar surface area (TPSA) is 80.7 Å². The summed E-state index contributed by atoms with van der Waals surface area (Å²) in [5.41, 5.74) is -1.19. The van der Waals surface area contributed by atoms with Crippen molar-refractivity contribution in [2.24, 2.45) is 28.6 Å². The van der Waals surface area contributed by atoms with Crippen molar-refractivity contribution in [1.29, 1.82) is 0 Å². The molecule has 3 saturated carbocycles. The van der Waals surface area contributed by atoms with Crippen LogP contribution in [-0.4, -0.2) is 33.7 Å². The first-order chi connectivity index (χ1) is 13.6. The number of fused-ring (bicyclic) bond motifs is 5. The molecule has 4 aliphatic carbocycles. The van der Waals surface area contributed by atoms with E-state index >= 15 is 0 Å². The zero-order valence-electron chi connectivity index (χ0n) is 17.3. The molecule has 6 heteroatoms. The van der Waals surface area contributed by atoms with Crippen molar-refractivity contribution in [3.8, 4) is 0 Å². The largest absolute Gasteiger partial charge is 0.449 e. The Hall–Kier alpha value is -1.40. The second kappa shape index (κ2) is 6.81. The highest BCUT2D eigenvalue weighted by molar-refractivity contribution is 7.96. The maximum atomic E-state index is 12.7. The highest BCUT2D eigenvalue weighted by atomic mass is 32.1. The molecule has 3 fully saturated rings. The molecule has 0 spiro atoms. The van der Waals surface area contributed by atoms with E-state index in [2.05, 4.69) is 19.6 Å². The number of ketones is 1. The van der Waals surface area contributed by atoms with Crippen molar-refractivity contribution in [3.05, 3.63) is 23.8 Å². The lowest BCUT2D eigenvalue weighted by Gasteiger charge is -2.59. The highest BCUT2D eigenvalue weighted by Gasteiger charge is 2.70.